The molecule has 0 aliphatic carbocycles. The molecule has 0 saturated carbocycles. The van der Waals surface area contributed by atoms with Gasteiger partial charge in [-0.3, -0.25) is 0 Å². The van der Waals surface area contributed by atoms with Gasteiger partial charge in [0.15, 0.2) is 0 Å². The third-order valence-electron chi connectivity index (χ3n) is 1.84. The molecule has 1 aromatic carbocycles. The van der Waals surface area contributed by atoms with Crippen LogP contribution in [0.1, 0.15) is 13.8 Å². The van der Waals surface area contributed by atoms with Crippen LogP contribution in [0.25, 0.3) is 0 Å². The Kier molecular flexibility index (Phi) is 5.54. The number of halogens is 2. The first-order valence-corrected chi connectivity index (χ1v) is 6.23. The molecule has 0 fully saturated rings. The van der Waals surface area contributed by atoms with E-state index < -0.39 is 21.4 Å². The van der Waals surface area contributed by atoms with Gasteiger partial charge in [-0.25, -0.2) is 17.5 Å². The molecule has 98 valence electrons. The van der Waals surface area contributed by atoms with Gasteiger partial charge in [-0.2, -0.15) is 0 Å². The molecule has 4 nitrogen and oxygen atoms in total. The number of hydrogen-bond donors (Lipinski definition) is 2. The third kappa shape index (κ3) is 5.45. The van der Waals surface area contributed by atoms with E-state index in [-0.39, 0.29) is 23.8 Å². The van der Waals surface area contributed by atoms with Crippen molar-refractivity contribution in [1.82, 2.24) is 4.72 Å². The van der Waals surface area contributed by atoms with Crippen molar-refractivity contribution in [1.29, 1.82) is 0 Å². The number of benzene rings is 1. The molecule has 7 heteroatoms. The van der Waals surface area contributed by atoms with Gasteiger partial charge < -0.3 is 5.73 Å². The zero-order valence-electron chi connectivity index (χ0n) is 9.60. The monoisotopic (exact) mass is 282 g/mol. The summed E-state index contributed by atoms with van der Waals surface area (Å²) in [6.07, 6.45) is 0. The summed E-state index contributed by atoms with van der Waals surface area (Å²) in [6.45, 7) is 3.53. The van der Waals surface area contributed by atoms with Crippen molar-refractivity contribution in [3.05, 3.63) is 30.1 Å². The standard InChI is InChI=1S/C10H15FN2O2S.ClH/c1-10(2,12)7-13-16(14,15)9-5-3-8(11)4-6-9;/h3-6,13H,7,12H2,1-2H3;1H. The first-order valence-electron chi connectivity index (χ1n) is 4.75. The van der Waals surface area contributed by atoms with E-state index in [4.69, 9.17) is 5.73 Å². The van der Waals surface area contributed by atoms with Crippen LogP contribution in [0.5, 0.6) is 0 Å². The van der Waals surface area contributed by atoms with Gasteiger partial charge in [0.1, 0.15) is 5.82 Å². The topological polar surface area (TPSA) is 72.2 Å². The second kappa shape index (κ2) is 5.77. The molecular formula is C10H16ClFN2O2S. The highest BCUT2D eigenvalue weighted by molar-refractivity contribution is 7.89. The van der Waals surface area contributed by atoms with E-state index in [0.717, 1.165) is 12.1 Å². The highest BCUT2D eigenvalue weighted by atomic mass is 35.5. The van der Waals surface area contributed by atoms with Crippen molar-refractivity contribution >= 4 is 22.4 Å². The van der Waals surface area contributed by atoms with Gasteiger partial charge in [0.25, 0.3) is 0 Å². The first kappa shape index (κ1) is 16.3. The zero-order chi connectivity index (χ0) is 12.4. The Morgan fingerprint density at radius 3 is 2.18 bits per heavy atom. The van der Waals surface area contributed by atoms with Crippen LogP contribution in [-0.2, 0) is 10.0 Å². The van der Waals surface area contributed by atoms with Crippen LogP contribution in [0.4, 0.5) is 4.39 Å². The molecule has 1 rings (SSSR count). The lowest BCUT2D eigenvalue weighted by molar-refractivity contribution is 0.498. The second-order valence-electron chi connectivity index (χ2n) is 4.27. The van der Waals surface area contributed by atoms with E-state index in [1.54, 1.807) is 13.8 Å². The molecule has 0 atom stereocenters. The van der Waals surface area contributed by atoms with E-state index in [0.29, 0.717) is 0 Å². The Morgan fingerprint density at radius 1 is 1.29 bits per heavy atom. The van der Waals surface area contributed by atoms with Gasteiger partial charge in [-0.15, -0.1) is 12.4 Å². The summed E-state index contributed by atoms with van der Waals surface area (Å²) in [7, 11) is -3.61. The fourth-order valence-corrected chi connectivity index (χ4v) is 2.20. The van der Waals surface area contributed by atoms with Crippen molar-refractivity contribution in [2.45, 2.75) is 24.3 Å². The van der Waals surface area contributed by atoms with Gasteiger partial charge >= 0.3 is 0 Å². The van der Waals surface area contributed by atoms with Crippen molar-refractivity contribution in [2.24, 2.45) is 5.73 Å². The SMILES string of the molecule is CC(C)(N)CNS(=O)(=O)c1ccc(F)cc1.Cl. The van der Waals surface area contributed by atoms with E-state index in [1.165, 1.54) is 12.1 Å². The van der Waals surface area contributed by atoms with Crippen molar-refractivity contribution in [3.63, 3.8) is 0 Å². The number of sulfonamides is 1. The summed E-state index contributed by atoms with van der Waals surface area (Å²) in [5.74, 6) is -0.474. The van der Waals surface area contributed by atoms with Gasteiger partial charge in [0.05, 0.1) is 4.90 Å². The Labute approximate surface area is 107 Å². The van der Waals surface area contributed by atoms with Gasteiger partial charge in [-0.05, 0) is 38.1 Å². The van der Waals surface area contributed by atoms with Crippen molar-refractivity contribution in [3.8, 4) is 0 Å². The van der Waals surface area contributed by atoms with E-state index in [2.05, 4.69) is 4.72 Å². The first-order chi connectivity index (χ1) is 7.21. The molecule has 0 radical (unpaired) electrons. The minimum absolute atomic E-state index is 0. The summed E-state index contributed by atoms with van der Waals surface area (Å²) >= 11 is 0. The molecule has 1 aromatic rings. The van der Waals surface area contributed by atoms with E-state index >= 15 is 0 Å². The quantitative estimate of drug-likeness (QED) is 0.873. The summed E-state index contributed by atoms with van der Waals surface area (Å²) in [5.41, 5.74) is 5.03. The number of hydrogen-bond acceptors (Lipinski definition) is 3. The lowest BCUT2D eigenvalue weighted by atomic mass is 10.1. The highest BCUT2D eigenvalue weighted by Crippen LogP contribution is 2.10. The lowest BCUT2D eigenvalue weighted by Crippen LogP contribution is -2.45. The van der Waals surface area contributed by atoms with Crippen LogP contribution in [0, 0.1) is 5.82 Å². The van der Waals surface area contributed by atoms with Crippen LogP contribution in [-0.4, -0.2) is 20.5 Å². The van der Waals surface area contributed by atoms with Crippen LogP contribution < -0.4 is 10.5 Å². The molecule has 0 aliphatic rings. The van der Waals surface area contributed by atoms with E-state index in [1.807, 2.05) is 0 Å². The molecule has 0 amide bonds. The Balaban J connectivity index is 0.00000256. The van der Waals surface area contributed by atoms with Gasteiger partial charge in [-0.1, -0.05) is 0 Å². The smallest absolute Gasteiger partial charge is 0.240 e. The van der Waals surface area contributed by atoms with Crippen molar-refractivity contribution in [2.75, 3.05) is 6.54 Å². The number of nitrogens with one attached hydrogen (secondary N) is 1. The molecule has 17 heavy (non-hydrogen) atoms. The maximum absolute atomic E-state index is 12.6. The molecule has 0 spiro atoms. The Hall–Kier alpha value is -0.690. The minimum atomic E-state index is -3.61. The Bertz CT molecular complexity index is 454. The fraction of sp³-hybridized carbons (Fsp3) is 0.400. The highest BCUT2D eigenvalue weighted by Gasteiger charge is 2.18. The maximum Gasteiger partial charge on any atom is 0.240 e. The molecule has 0 aliphatic heterocycles. The van der Waals surface area contributed by atoms with Crippen LogP contribution in [0.15, 0.2) is 29.2 Å². The predicted molar refractivity (Wildman–Crippen MR) is 67.1 cm³/mol. The molecule has 0 unspecified atom stereocenters. The molecule has 0 aromatic heterocycles. The van der Waals surface area contributed by atoms with Crippen molar-refractivity contribution < 1.29 is 12.8 Å². The van der Waals surface area contributed by atoms with E-state index in [9.17, 15) is 12.8 Å². The average Bonchev–Trinajstić information content (AvgIpc) is 2.15. The molecule has 0 heterocycles. The number of rotatable bonds is 4. The van der Waals surface area contributed by atoms with Gasteiger partial charge in [0, 0.05) is 12.1 Å². The largest absolute Gasteiger partial charge is 0.324 e. The zero-order valence-corrected chi connectivity index (χ0v) is 11.2. The molecule has 0 saturated heterocycles. The minimum Gasteiger partial charge on any atom is -0.324 e. The molecular weight excluding hydrogens is 267 g/mol. The van der Waals surface area contributed by atoms with Crippen LogP contribution >= 0.6 is 12.4 Å². The third-order valence-corrected chi connectivity index (χ3v) is 3.26. The number of nitrogens with two attached hydrogens (primary N) is 1. The predicted octanol–water partition coefficient (Wildman–Crippen LogP) is 1.26. The summed E-state index contributed by atoms with van der Waals surface area (Å²) in [5, 5.41) is 0. The normalized spacial score (nSPS) is 12.0. The van der Waals surface area contributed by atoms with Crippen LogP contribution in [0.3, 0.4) is 0 Å². The summed E-state index contributed by atoms with van der Waals surface area (Å²) in [6, 6.07) is 4.62. The second-order valence-corrected chi connectivity index (χ2v) is 6.03. The lowest BCUT2D eigenvalue weighted by Gasteiger charge is -2.18. The van der Waals surface area contributed by atoms with Crippen LogP contribution in [0.2, 0.25) is 0 Å². The molecule has 0 bridgehead atoms. The van der Waals surface area contributed by atoms with Gasteiger partial charge in [0.2, 0.25) is 10.0 Å². The Morgan fingerprint density at radius 2 is 1.76 bits per heavy atom. The molecule has 3 N–H and O–H groups in total. The average molecular weight is 283 g/mol. The summed E-state index contributed by atoms with van der Waals surface area (Å²) < 4.78 is 38.4. The summed E-state index contributed by atoms with van der Waals surface area (Å²) in [4.78, 5) is 0.0261. The maximum atomic E-state index is 12.6. The fourth-order valence-electron chi connectivity index (χ4n) is 0.978.